The summed E-state index contributed by atoms with van der Waals surface area (Å²) in [5.41, 5.74) is 10.4. The highest BCUT2D eigenvalue weighted by Crippen LogP contribution is 2.48. The van der Waals surface area contributed by atoms with Crippen molar-refractivity contribution in [2.45, 2.75) is 5.92 Å². The number of nitrogens with two attached hydrogens (primary N) is 1. The van der Waals surface area contributed by atoms with Gasteiger partial charge in [0.15, 0.2) is 11.5 Å². The predicted octanol–water partition coefficient (Wildman–Crippen LogP) is 2.69. The number of benzene rings is 2. The molecule has 0 saturated carbocycles. The molecule has 2 atom stereocenters. The molecule has 1 aliphatic heterocycles. The molecule has 0 radical (unpaired) electrons. The highest BCUT2D eigenvalue weighted by molar-refractivity contribution is 6.01. The summed E-state index contributed by atoms with van der Waals surface area (Å²) in [6.07, 6.45) is 0. The molecule has 1 aliphatic carbocycles. The molecule has 5 nitrogen and oxygen atoms in total. The Kier molecular flexibility index (Phi) is 3.64. The number of esters is 1. The summed E-state index contributed by atoms with van der Waals surface area (Å²) < 4.78 is 16.1. The van der Waals surface area contributed by atoms with Crippen molar-refractivity contribution in [2.75, 3.05) is 20.8 Å². The van der Waals surface area contributed by atoms with E-state index in [4.69, 9.17) is 19.9 Å². The minimum atomic E-state index is -0.317. The van der Waals surface area contributed by atoms with Gasteiger partial charge in [-0.25, -0.2) is 4.79 Å². The molecule has 0 spiro atoms. The quantitative estimate of drug-likeness (QED) is 0.872. The molecule has 0 amide bonds. The molecule has 4 rings (SSSR count). The summed E-state index contributed by atoms with van der Waals surface area (Å²) in [6.45, 7) is 0.336. The molecule has 2 aromatic rings. The van der Waals surface area contributed by atoms with E-state index in [2.05, 4.69) is 6.07 Å². The molecule has 2 N–H and O–H groups in total. The number of cyclic esters (lactones) is 1. The first-order valence-corrected chi connectivity index (χ1v) is 8.13. The van der Waals surface area contributed by atoms with Gasteiger partial charge in [0.2, 0.25) is 0 Å². The third-order valence-electron chi connectivity index (χ3n) is 5.03. The number of carbonyl (C=O) groups is 1. The third kappa shape index (κ3) is 2.27. The highest BCUT2D eigenvalue weighted by atomic mass is 16.5. The fraction of sp³-hybridized carbons (Fsp3) is 0.250. The van der Waals surface area contributed by atoms with Crippen LogP contribution < -0.4 is 15.2 Å². The maximum Gasteiger partial charge on any atom is 0.336 e. The number of methoxy groups -OCH3 is 2. The Labute approximate surface area is 146 Å². The van der Waals surface area contributed by atoms with E-state index in [0.717, 1.165) is 16.7 Å². The lowest BCUT2D eigenvalue weighted by Gasteiger charge is -2.31. The second-order valence-electron chi connectivity index (χ2n) is 6.21. The predicted molar refractivity (Wildman–Crippen MR) is 93.4 cm³/mol. The number of rotatable bonds is 3. The summed E-state index contributed by atoms with van der Waals surface area (Å²) >= 11 is 0. The van der Waals surface area contributed by atoms with Gasteiger partial charge in [-0.1, -0.05) is 30.3 Å². The van der Waals surface area contributed by atoms with Crippen LogP contribution in [0.2, 0.25) is 0 Å². The van der Waals surface area contributed by atoms with Crippen LogP contribution in [0.5, 0.6) is 11.5 Å². The zero-order valence-corrected chi connectivity index (χ0v) is 14.1. The minimum absolute atomic E-state index is 0.0234. The summed E-state index contributed by atoms with van der Waals surface area (Å²) in [6, 6.07) is 13.8. The van der Waals surface area contributed by atoms with Crippen LogP contribution in [0.4, 0.5) is 0 Å². The number of hydrogen-bond acceptors (Lipinski definition) is 5. The van der Waals surface area contributed by atoms with Crippen LogP contribution in [0.3, 0.4) is 0 Å². The first kappa shape index (κ1) is 15.6. The second kappa shape index (κ2) is 5.84. The van der Waals surface area contributed by atoms with Crippen LogP contribution >= 0.6 is 0 Å². The lowest BCUT2D eigenvalue weighted by Crippen LogP contribution is -2.25. The fourth-order valence-electron chi connectivity index (χ4n) is 3.88. The van der Waals surface area contributed by atoms with Crippen molar-refractivity contribution in [2.24, 2.45) is 11.7 Å². The van der Waals surface area contributed by atoms with Crippen molar-refractivity contribution in [3.63, 3.8) is 0 Å². The third-order valence-corrected chi connectivity index (χ3v) is 5.03. The van der Waals surface area contributed by atoms with Gasteiger partial charge in [0, 0.05) is 17.4 Å². The van der Waals surface area contributed by atoms with E-state index >= 15 is 0 Å². The Hall–Kier alpha value is -2.95. The van der Waals surface area contributed by atoms with Crippen molar-refractivity contribution in [3.8, 4) is 11.5 Å². The topological polar surface area (TPSA) is 70.8 Å². The van der Waals surface area contributed by atoms with E-state index in [9.17, 15) is 4.79 Å². The maximum absolute atomic E-state index is 12.2. The summed E-state index contributed by atoms with van der Waals surface area (Å²) in [5, 5.41) is 0. The summed E-state index contributed by atoms with van der Waals surface area (Å²) in [5.74, 6) is 0.893. The molecule has 1 heterocycles. The van der Waals surface area contributed by atoms with Crippen molar-refractivity contribution in [1.29, 1.82) is 0 Å². The SMILES string of the molecule is COc1ccc(C2c3ccccc3C(N)=C3C(=O)OCC32)cc1OC. The maximum atomic E-state index is 12.2. The molecule has 0 bridgehead atoms. The van der Waals surface area contributed by atoms with Crippen LogP contribution in [0.15, 0.2) is 48.0 Å². The first-order chi connectivity index (χ1) is 12.2. The van der Waals surface area contributed by atoms with Gasteiger partial charge in [-0.15, -0.1) is 0 Å². The Bertz CT molecular complexity index is 887. The van der Waals surface area contributed by atoms with Crippen LogP contribution in [0.1, 0.15) is 22.6 Å². The summed E-state index contributed by atoms with van der Waals surface area (Å²) in [4.78, 5) is 12.2. The van der Waals surface area contributed by atoms with E-state index in [-0.39, 0.29) is 17.8 Å². The molecular weight excluding hydrogens is 318 g/mol. The van der Waals surface area contributed by atoms with Crippen molar-refractivity contribution >= 4 is 11.7 Å². The van der Waals surface area contributed by atoms with Gasteiger partial charge in [-0.3, -0.25) is 0 Å². The molecule has 2 unspecified atom stereocenters. The second-order valence-corrected chi connectivity index (χ2v) is 6.21. The smallest absolute Gasteiger partial charge is 0.336 e. The van der Waals surface area contributed by atoms with Gasteiger partial charge in [-0.2, -0.15) is 0 Å². The Morgan fingerprint density at radius 3 is 2.60 bits per heavy atom. The van der Waals surface area contributed by atoms with E-state index in [1.165, 1.54) is 0 Å². The van der Waals surface area contributed by atoms with Gasteiger partial charge < -0.3 is 19.9 Å². The largest absolute Gasteiger partial charge is 0.493 e. The number of fused-ring (bicyclic) bond motifs is 2. The molecule has 25 heavy (non-hydrogen) atoms. The lowest BCUT2D eigenvalue weighted by atomic mass is 9.71. The minimum Gasteiger partial charge on any atom is -0.493 e. The lowest BCUT2D eigenvalue weighted by molar-refractivity contribution is -0.135. The Balaban J connectivity index is 1.91. The van der Waals surface area contributed by atoms with Crippen molar-refractivity contribution in [3.05, 3.63) is 64.7 Å². The van der Waals surface area contributed by atoms with Crippen LogP contribution in [0.25, 0.3) is 5.70 Å². The Morgan fingerprint density at radius 2 is 1.84 bits per heavy atom. The molecule has 1 saturated heterocycles. The molecule has 2 aromatic carbocycles. The molecular formula is C20H19NO4. The molecule has 5 heteroatoms. The molecule has 0 aromatic heterocycles. The normalized spacial score (nSPS) is 21.4. The average Bonchev–Trinajstić information content (AvgIpc) is 3.03. The fourth-order valence-corrected chi connectivity index (χ4v) is 3.88. The molecule has 1 fully saturated rings. The number of ether oxygens (including phenoxy) is 3. The highest BCUT2D eigenvalue weighted by Gasteiger charge is 2.44. The summed E-state index contributed by atoms with van der Waals surface area (Å²) in [7, 11) is 3.22. The van der Waals surface area contributed by atoms with Gasteiger partial charge in [0.1, 0.15) is 0 Å². The van der Waals surface area contributed by atoms with E-state index in [1.807, 2.05) is 36.4 Å². The average molecular weight is 337 g/mol. The van der Waals surface area contributed by atoms with Crippen LogP contribution in [-0.2, 0) is 9.53 Å². The van der Waals surface area contributed by atoms with Gasteiger partial charge in [0.25, 0.3) is 0 Å². The molecule has 128 valence electrons. The van der Waals surface area contributed by atoms with Crippen LogP contribution in [0, 0.1) is 5.92 Å². The van der Waals surface area contributed by atoms with Gasteiger partial charge in [0.05, 0.1) is 32.1 Å². The van der Waals surface area contributed by atoms with Gasteiger partial charge in [-0.05, 0) is 23.3 Å². The monoisotopic (exact) mass is 337 g/mol. The van der Waals surface area contributed by atoms with Crippen molar-refractivity contribution < 1.29 is 19.0 Å². The van der Waals surface area contributed by atoms with E-state index < -0.39 is 0 Å². The Morgan fingerprint density at radius 1 is 1.08 bits per heavy atom. The number of carbonyl (C=O) groups excluding carboxylic acids is 1. The van der Waals surface area contributed by atoms with Gasteiger partial charge >= 0.3 is 5.97 Å². The van der Waals surface area contributed by atoms with Crippen molar-refractivity contribution in [1.82, 2.24) is 0 Å². The van der Waals surface area contributed by atoms with E-state index in [1.54, 1.807) is 14.2 Å². The zero-order valence-electron chi connectivity index (χ0n) is 14.1. The van der Waals surface area contributed by atoms with E-state index in [0.29, 0.717) is 29.4 Å². The molecule has 2 aliphatic rings. The van der Waals surface area contributed by atoms with Crippen LogP contribution in [-0.4, -0.2) is 26.8 Å². The zero-order chi connectivity index (χ0) is 17.6. The standard InChI is InChI=1S/C20H19NO4/c1-23-15-8-7-11(9-16(15)24-2)17-12-5-3-4-6-13(12)19(21)18-14(17)10-25-20(18)22/h3-9,14,17H,10,21H2,1-2H3. The first-order valence-electron chi connectivity index (χ1n) is 8.13. The number of hydrogen-bond donors (Lipinski definition) is 1.